The van der Waals surface area contributed by atoms with Crippen molar-refractivity contribution < 1.29 is 23.9 Å². The van der Waals surface area contributed by atoms with Gasteiger partial charge >= 0.3 is 5.97 Å². The molecular weight excluding hydrogens is 360 g/mol. The number of ether oxygens (including phenoxy) is 1. The molecule has 1 aliphatic rings. The Balaban J connectivity index is 1.56. The van der Waals surface area contributed by atoms with E-state index in [-0.39, 0.29) is 16.7 Å². The molecule has 0 aliphatic carbocycles. The van der Waals surface area contributed by atoms with Crippen molar-refractivity contribution in [3.05, 3.63) is 70.8 Å². The minimum Gasteiger partial charge on any atom is -0.449 e. The lowest BCUT2D eigenvalue weighted by molar-refractivity contribution is -0.129. The number of fused-ring (bicyclic) bond motifs is 1. The molecule has 0 saturated heterocycles. The smallest absolute Gasteiger partial charge is 0.338 e. The fourth-order valence-electron chi connectivity index (χ4n) is 2.89. The SMILES string of the molecule is C[C@@H](OC(=O)c1ccc2c(c1)C(=O)N(C)C2=O)C(=O)NCCc1ccccc1. The molecule has 1 heterocycles. The number of esters is 1. The molecule has 3 amide bonds. The predicted molar refractivity (Wildman–Crippen MR) is 101 cm³/mol. The molecule has 0 saturated carbocycles. The first-order valence-electron chi connectivity index (χ1n) is 8.87. The number of imide groups is 1. The molecule has 0 unspecified atom stereocenters. The normalized spacial score (nSPS) is 13.9. The monoisotopic (exact) mass is 380 g/mol. The first kappa shape index (κ1) is 19.3. The number of nitrogens with zero attached hydrogens (tertiary/aromatic N) is 1. The Morgan fingerprint density at radius 1 is 1.04 bits per heavy atom. The number of benzene rings is 2. The quantitative estimate of drug-likeness (QED) is 0.610. The summed E-state index contributed by atoms with van der Waals surface area (Å²) in [5.74, 6) is -2.02. The zero-order valence-corrected chi connectivity index (χ0v) is 15.6. The molecule has 7 nitrogen and oxygen atoms in total. The maximum absolute atomic E-state index is 12.3. The van der Waals surface area contributed by atoms with Crippen molar-refractivity contribution in [3.63, 3.8) is 0 Å². The molecule has 0 fully saturated rings. The molecule has 1 N–H and O–H groups in total. The highest BCUT2D eigenvalue weighted by molar-refractivity contribution is 6.21. The molecule has 3 rings (SSSR count). The third kappa shape index (κ3) is 3.93. The lowest BCUT2D eigenvalue weighted by Gasteiger charge is -2.14. The van der Waals surface area contributed by atoms with Gasteiger partial charge in [0, 0.05) is 13.6 Å². The van der Waals surface area contributed by atoms with Gasteiger partial charge in [0.25, 0.3) is 17.7 Å². The van der Waals surface area contributed by atoms with Crippen molar-refractivity contribution in [1.29, 1.82) is 0 Å². The van der Waals surface area contributed by atoms with Gasteiger partial charge in [-0.05, 0) is 37.1 Å². The van der Waals surface area contributed by atoms with Gasteiger partial charge in [0.05, 0.1) is 16.7 Å². The van der Waals surface area contributed by atoms with Crippen LogP contribution in [-0.2, 0) is 16.0 Å². The van der Waals surface area contributed by atoms with E-state index in [4.69, 9.17) is 4.74 Å². The third-order valence-electron chi connectivity index (χ3n) is 4.53. The van der Waals surface area contributed by atoms with Gasteiger partial charge in [-0.2, -0.15) is 0 Å². The Morgan fingerprint density at radius 2 is 1.71 bits per heavy atom. The molecule has 144 valence electrons. The van der Waals surface area contributed by atoms with Crippen LogP contribution in [0.5, 0.6) is 0 Å². The van der Waals surface area contributed by atoms with E-state index >= 15 is 0 Å². The maximum Gasteiger partial charge on any atom is 0.338 e. The number of nitrogens with one attached hydrogen (secondary N) is 1. The van der Waals surface area contributed by atoms with Crippen molar-refractivity contribution in [2.75, 3.05) is 13.6 Å². The Bertz CT molecular complexity index is 939. The Morgan fingerprint density at radius 3 is 2.43 bits per heavy atom. The first-order valence-corrected chi connectivity index (χ1v) is 8.87. The van der Waals surface area contributed by atoms with Crippen molar-refractivity contribution >= 4 is 23.7 Å². The highest BCUT2D eigenvalue weighted by Crippen LogP contribution is 2.23. The topological polar surface area (TPSA) is 92.8 Å². The van der Waals surface area contributed by atoms with E-state index in [1.165, 1.54) is 32.2 Å². The summed E-state index contributed by atoms with van der Waals surface area (Å²) in [5.41, 5.74) is 1.60. The van der Waals surface area contributed by atoms with E-state index in [0.29, 0.717) is 13.0 Å². The molecule has 1 atom stereocenters. The second-order valence-corrected chi connectivity index (χ2v) is 6.50. The summed E-state index contributed by atoms with van der Waals surface area (Å²) in [6.45, 7) is 1.90. The van der Waals surface area contributed by atoms with Gasteiger partial charge in [0.2, 0.25) is 0 Å². The van der Waals surface area contributed by atoms with Crippen LogP contribution in [0.4, 0.5) is 0 Å². The van der Waals surface area contributed by atoms with Gasteiger partial charge in [-0.15, -0.1) is 0 Å². The summed E-state index contributed by atoms with van der Waals surface area (Å²) in [5, 5.41) is 2.73. The van der Waals surface area contributed by atoms with Crippen LogP contribution in [0.2, 0.25) is 0 Å². The molecule has 0 radical (unpaired) electrons. The molecule has 2 aromatic rings. The van der Waals surface area contributed by atoms with E-state index in [1.54, 1.807) is 0 Å². The van der Waals surface area contributed by atoms with E-state index in [0.717, 1.165) is 10.5 Å². The largest absolute Gasteiger partial charge is 0.449 e. The zero-order valence-electron chi connectivity index (χ0n) is 15.6. The highest BCUT2D eigenvalue weighted by Gasteiger charge is 2.33. The molecule has 0 aromatic heterocycles. The molecule has 1 aliphatic heterocycles. The summed E-state index contributed by atoms with van der Waals surface area (Å²) in [7, 11) is 1.38. The fourth-order valence-corrected chi connectivity index (χ4v) is 2.89. The van der Waals surface area contributed by atoms with E-state index < -0.39 is 29.8 Å². The van der Waals surface area contributed by atoms with Crippen molar-refractivity contribution in [1.82, 2.24) is 10.2 Å². The number of rotatable bonds is 6. The van der Waals surface area contributed by atoms with E-state index in [9.17, 15) is 19.2 Å². The summed E-state index contributed by atoms with van der Waals surface area (Å²) >= 11 is 0. The summed E-state index contributed by atoms with van der Waals surface area (Å²) in [6, 6.07) is 13.8. The lowest BCUT2D eigenvalue weighted by atomic mass is 10.1. The van der Waals surface area contributed by atoms with Crippen LogP contribution in [0.3, 0.4) is 0 Å². The van der Waals surface area contributed by atoms with E-state index in [1.807, 2.05) is 30.3 Å². The van der Waals surface area contributed by atoms with Gasteiger partial charge in [0.15, 0.2) is 6.10 Å². The third-order valence-corrected chi connectivity index (χ3v) is 4.53. The first-order chi connectivity index (χ1) is 13.4. The van der Waals surface area contributed by atoms with Crippen LogP contribution >= 0.6 is 0 Å². The van der Waals surface area contributed by atoms with Crippen LogP contribution in [0.1, 0.15) is 43.6 Å². The van der Waals surface area contributed by atoms with Crippen LogP contribution in [0, 0.1) is 0 Å². The second kappa shape index (κ2) is 8.04. The number of hydrogen-bond acceptors (Lipinski definition) is 5. The van der Waals surface area contributed by atoms with Crippen molar-refractivity contribution in [3.8, 4) is 0 Å². The van der Waals surface area contributed by atoms with Gasteiger partial charge in [-0.25, -0.2) is 4.79 Å². The van der Waals surface area contributed by atoms with Crippen LogP contribution in [0.15, 0.2) is 48.5 Å². The average molecular weight is 380 g/mol. The van der Waals surface area contributed by atoms with Crippen molar-refractivity contribution in [2.45, 2.75) is 19.4 Å². The summed E-state index contributed by atoms with van der Waals surface area (Å²) in [4.78, 5) is 49.4. The lowest BCUT2D eigenvalue weighted by Crippen LogP contribution is -2.36. The Kier molecular flexibility index (Phi) is 5.54. The Hall–Kier alpha value is -3.48. The average Bonchev–Trinajstić information content (AvgIpc) is 2.92. The zero-order chi connectivity index (χ0) is 20.3. The van der Waals surface area contributed by atoms with Gasteiger partial charge < -0.3 is 10.1 Å². The molecule has 28 heavy (non-hydrogen) atoms. The fraction of sp³-hybridized carbons (Fsp3) is 0.238. The molecule has 0 bridgehead atoms. The molecular formula is C21H20N2O5. The minimum absolute atomic E-state index is 0.110. The predicted octanol–water partition coefficient (Wildman–Crippen LogP) is 1.82. The standard InChI is InChI=1S/C21H20N2O5/c1-13(18(24)22-11-10-14-6-4-3-5-7-14)28-21(27)15-8-9-16-17(12-15)20(26)23(2)19(16)25/h3-9,12-13H,10-11H2,1-2H3,(H,22,24)/t13-/m1/s1. The molecule has 0 spiro atoms. The number of carbonyl (C=O) groups is 4. The second-order valence-electron chi connectivity index (χ2n) is 6.50. The van der Waals surface area contributed by atoms with Crippen LogP contribution in [0.25, 0.3) is 0 Å². The number of amides is 3. The highest BCUT2D eigenvalue weighted by atomic mass is 16.5. The van der Waals surface area contributed by atoms with Gasteiger partial charge in [0.1, 0.15) is 0 Å². The van der Waals surface area contributed by atoms with Gasteiger partial charge in [-0.3, -0.25) is 19.3 Å². The van der Waals surface area contributed by atoms with Gasteiger partial charge in [-0.1, -0.05) is 30.3 Å². The van der Waals surface area contributed by atoms with E-state index in [2.05, 4.69) is 5.32 Å². The summed E-state index contributed by atoms with van der Waals surface area (Å²) < 4.78 is 5.19. The molecule has 7 heteroatoms. The van der Waals surface area contributed by atoms with Crippen molar-refractivity contribution in [2.24, 2.45) is 0 Å². The minimum atomic E-state index is -0.989. The maximum atomic E-state index is 12.3. The Labute approximate surface area is 162 Å². The summed E-state index contributed by atoms with van der Waals surface area (Å²) in [6.07, 6.45) is -0.321. The number of hydrogen-bond donors (Lipinski definition) is 1. The van der Waals surface area contributed by atoms with Crippen LogP contribution in [-0.4, -0.2) is 48.3 Å². The van der Waals surface area contributed by atoms with Crippen LogP contribution < -0.4 is 5.32 Å². The number of carbonyl (C=O) groups excluding carboxylic acids is 4. The molecule has 2 aromatic carbocycles.